The highest BCUT2D eigenvalue weighted by atomic mass is 16.5. The van der Waals surface area contributed by atoms with Gasteiger partial charge in [0.1, 0.15) is 0 Å². The molecule has 1 saturated carbocycles. The first-order chi connectivity index (χ1) is 9.76. The van der Waals surface area contributed by atoms with Crippen LogP contribution >= 0.6 is 0 Å². The van der Waals surface area contributed by atoms with Crippen LogP contribution in [-0.2, 0) is 4.74 Å². The van der Waals surface area contributed by atoms with Gasteiger partial charge in [-0.1, -0.05) is 18.2 Å². The molecule has 1 fully saturated rings. The molecule has 1 aliphatic rings. The first-order valence-electron chi connectivity index (χ1n) is 7.33. The Hall–Kier alpha value is -1.45. The summed E-state index contributed by atoms with van der Waals surface area (Å²) in [4.78, 5) is 4.57. The zero-order chi connectivity index (χ0) is 14.0. The average Bonchev–Trinajstić information content (AvgIpc) is 2.46. The summed E-state index contributed by atoms with van der Waals surface area (Å²) >= 11 is 0. The monoisotopic (exact) mass is 270 g/mol. The number of hydrogen-bond acceptors (Lipinski definition) is 3. The molecule has 0 radical (unpaired) electrons. The fourth-order valence-corrected chi connectivity index (χ4v) is 3.10. The number of aromatic nitrogens is 1. The Kier molecular flexibility index (Phi) is 3.72. The van der Waals surface area contributed by atoms with Crippen molar-refractivity contribution >= 4 is 10.9 Å². The largest absolute Gasteiger partial charge is 0.378 e. The molecule has 0 bridgehead atoms. The zero-order valence-electron chi connectivity index (χ0n) is 12.2. The molecule has 0 spiro atoms. The number of rotatable bonds is 5. The van der Waals surface area contributed by atoms with E-state index in [2.05, 4.69) is 34.6 Å². The second-order valence-electron chi connectivity index (χ2n) is 5.75. The van der Waals surface area contributed by atoms with Crippen molar-refractivity contribution in [3.63, 3.8) is 0 Å². The van der Waals surface area contributed by atoms with E-state index < -0.39 is 0 Å². The molecule has 0 amide bonds. The first kappa shape index (κ1) is 13.5. The number of fused-ring (bicyclic) bond motifs is 1. The Morgan fingerprint density at radius 2 is 2.15 bits per heavy atom. The summed E-state index contributed by atoms with van der Waals surface area (Å²) in [6.07, 6.45) is 6.62. The standard InChI is InChI=1S/C17H22N2O/c1-18-16(11-17(20-2)8-5-9-17)14-10-13-6-3-4-7-15(13)19-12-14/h3-4,6-7,10,12,16,18H,5,8-9,11H2,1-2H3. The van der Waals surface area contributed by atoms with Gasteiger partial charge in [-0.25, -0.2) is 0 Å². The van der Waals surface area contributed by atoms with Crippen molar-refractivity contribution < 1.29 is 4.74 Å². The second-order valence-corrected chi connectivity index (χ2v) is 5.75. The molecule has 106 valence electrons. The molecule has 1 aliphatic carbocycles. The lowest BCUT2D eigenvalue weighted by Gasteiger charge is -2.42. The van der Waals surface area contributed by atoms with Gasteiger partial charge in [-0.15, -0.1) is 0 Å². The van der Waals surface area contributed by atoms with Crippen molar-refractivity contribution in [3.8, 4) is 0 Å². The van der Waals surface area contributed by atoms with Crippen molar-refractivity contribution in [2.45, 2.75) is 37.3 Å². The highest BCUT2D eigenvalue weighted by Crippen LogP contribution is 2.41. The van der Waals surface area contributed by atoms with E-state index in [1.54, 1.807) is 0 Å². The summed E-state index contributed by atoms with van der Waals surface area (Å²) in [7, 11) is 3.85. The van der Waals surface area contributed by atoms with Crippen LogP contribution in [0.2, 0.25) is 0 Å². The molecule has 0 aliphatic heterocycles. The van der Waals surface area contributed by atoms with Gasteiger partial charge in [0.25, 0.3) is 0 Å². The van der Waals surface area contributed by atoms with Crippen LogP contribution < -0.4 is 5.32 Å². The third kappa shape index (κ3) is 2.43. The summed E-state index contributed by atoms with van der Waals surface area (Å²) in [6.45, 7) is 0. The van der Waals surface area contributed by atoms with Crippen molar-refractivity contribution in [1.82, 2.24) is 10.3 Å². The number of methoxy groups -OCH3 is 1. The zero-order valence-corrected chi connectivity index (χ0v) is 12.2. The Balaban J connectivity index is 1.87. The minimum atomic E-state index is 0.0688. The number of nitrogens with one attached hydrogen (secondary N) is 1. The van der Waals surface area contributed by atoms with Gasteiger partial charge in [0, 0.05) is 24.7 Å². The SMILES string of the molecule is CNC(CC1(OC)CCC1)c1cnc2ccccc2c1. The van der Waals surface area contributed by atoms with Crippen molar-refractivity contribution in [3.05, 3.63) is 42.1 Å². The van der Waals surface area contributed by atoms with Crippen molar-refractivity contribution in [2.24, 2.45) is 0 Å². The fourth-order valence-electron chi connectivity index (χ4n) is 3.10. The van der Waals surface area contributed by atoms with Crippen LogP contribution in [0.25, 0.3) is 10.9 Å². The summed E-state index contributed by atoms with van der Waals surface area (Å²) in [5.41, 5.74) is 2.37. The van der Waals surface area contributed by atoms with Gasteiger partial charge >= 0.3 is 0 Å². The molecule has 20 heavy (non-hydrogen) atoms. The molecule has 0 saturated heterocycles. The minimum Gasteiger partial charge on any atom is -0.378 e. The molecule has 1 atom stereocenters. The number of nitrogens with zero attached hydrogens (tertiary/aromatic N) is 1. The lowest BCUT2D eigenvalue weighted by molar-refractivity contribution is -0.0834. The molecular formula is C17H22N2O. The summed E-state index contributed by atoms with van der Waals surface area (Å²) in [5, 5.41) is 4.62. The lowest BCUT2D eigenvalue weighted by Crippen LogP contribution is -2.42. The van der Waals surface area contributed by atoms with E-state index in [-0.39, 0.29) is 5.60 Å². The Labute approximate surface area is 120 Å². The highest BCUT2D eigenvalue weighted by molar-refractivity contribution is 5.78. The van der Waals surface area contributed by atoms with Gasteiger partial charge in [-0.2, -0.15) is 0 Å². The fraction of sp³-hybridized carbons (Fsp3) is 0.471. The average molecular weight is 270 g/mol. The topological polar surface area (TPSA) is 34.1 Å². The Morgan fingerprint density at radius 1 is 1.35 bits per heavy atom. The maximum atomic E-state index is 5.75. The molecule has 1 N–H and O–H groups in total. The van der Waals surface area contributed by atoms with E-state index in [4.69, 9.17) is 4.74 Å². The number of benzene rings is 1. The van der Waals surface area contributed by atoms with Gasteiger partial charge < -0.3 is 10.1 Å². The normalized spacial score (nSPS) is 18.7. The molecular weight excluding hydrogens is 248 g/mol. The summed E-state index contributed by atoms with van der Waals surface area (Å²) < 4.78 is 5.75. The van der Waals surface area contributed by atoms with E-state index in [1.807, 2.05) is 26.4 Å². The molecule has 3 nitrogen and oxygen atoms in total. The van der Waals surface area contributed by atoms with Crippen LogP contribution in [0, 0.1) is 0 Å². The molecule has 3 rings (SSSR count). The van der Waals surface area contributed by atoms with Crippen molar-refractivity contribution in [1.29, 1.82) is 0 Å². The van der Waals surface area contributed by atoms with Crippen LogP contribution in [0.1, 0.15) is 37.3 Å². The van der Waals surface area contributed by atoms with E-state index in [0.29, 0.717) is 6.04 Å². The van der Waals surface area contributed by atoms with Gasteiger partial charge in [0.15, 0.2) is 0 Å². The maximum Gasteiger partial charge on any atom is 0.0702 e. The predicted octanol–water partition coefficient (Wildman–Crippen LogP) is 3.45. The molecule has 1 aromatic heterocycles. The summed E-state index contributed by atoms with van der Waals surface area (Å²) in [5.74, 6) is 0. The Bertz CT molecular complexity index is 587. The van der Waals surface area contributed by atoms with Crippen LogP contribution in [0.5, 0.6) is 0 Å². The van der Waals surface area contributed by atoms with Crippen LogP contribution in [0.15, 0.2) is 36.5 Å². The smallest absolute Gasteiger partial charge is 0.0702 e. The summed E-state index contributed by atoms with van der Waals surface area (Å²) in [6, 6.07) is 10.8. The first-order valence-corrected chi connectivity index (χ1v) is 7.33. The van der Waals surface area contributed by atoms with Gasteiger partial charge in [-0.3, -0.25) is 4.98 Å². The van der Waals surface area contributed by atoms with Crippen LogP contribution in [0.4, 0.5) is 0 Å². The van der Waals surface area contributed by atoms with E-state index in [9.17, 15) is 0 Å². The third-order valence-corrected chi connectivity index (χ3v) is 4.64. The number of para-hydroxylation sites is 1. The van der Waals surface area contributed by atoms with E-state index in [1.165, 1.54) is 30.2 Å². The van der Waals surface area contributed by atoms with Gasteiger partial charge in [-0.05, 0) is 50.4 Å². The minimum absolute atomic E-state index is 0.0688. The van der Waals surface area contributed by atoms with Crippen LogP contribution in [-0.4, -0.2) is 24.7 Å². The van der Waals surface area contributed by atoms with Gasteiger partial charge in [0.2, 0.25) is 0 Å². The maximum absolute atomic E-state index is 5.75. The molecule has 1 aromatic carbocycles. The molecule has 1 unspecified atom stereocenters. The molecule has 3 heteroatoms. The predicted molar refractivity (Wildman–Crippen MR) is 81.8 cm³/mol. The number of ether oxygens (including phenoxy) is 1. The molecule has 1 heterocycles. The lowest BCUT2D eigenvalue weighted by atomic mass is 9.75. The van der Waals surface area contributed by atoms with Gasteiger partial charge in [0.05, 0.1) is 11.1 Å². The molecule has 2 aromatic rings. The van der Waals surface area contributed by atoms with E-state index in [0.717, 1.165) is 11.9 Å². The second kappa shape index (κ2) is 5.51. The Morgan fingerprint density at radius 3 is 2.80 bits per heavy atom. The number of pyridine rings is 1. The quantitative estimate of drug-likeness (QED) is 0.903. The van der Waals surface area contributed by atoms with Crippen molar-refractivity contribution in [2.75, 3.05) is 14.2 Å². The third-order valence-electron chi connectivity index (χ3n) is 4.64. The van der Waals surface area contributed by atoms with E-state index >= 15 is 0 Å². The number of hydrogen-bond donors (Lipinski definition) is 1. The van der Waals surface area contributed by atoms with Crippen LogP contribution in [0.3, 0.4) is 0 Å². The highest BCUT2D eigenvalue weighted by Gasteiger charge is 2.39.